The number of hydrogen-bond acceptors (Lipinski definition) is 3. The van der Waals surface area contributed by atoms with Crippen LogP contribution in [-0.4, -0.2) is 24.7 Å². The minimum atomic E-state index is -0.349. The highest BCUT2D eigenvalue weighted by Gasteiger charge is 2.12. The van der Waals surface area contributed by atoms with Gasteiger partial charge in [0.2, 0.25) is 0 Å². The Balaban J connectivity index is 1.91. The molecule has 0 saturated carbocycles. The molecule has 29 heavy (non-hydrogen) atoms. The van der Waals surface area contributed by atoms with E-state index in [0.29, 0.717) is 29.2 Å². The maximum atomic E-state index is 12.8. The molecule has 0 saturated heterocycles. The lowest BCUT2D eigenvalue weighted by Crippen LogP contribution is -2.25. The topological polar surface area (TPSA) is 66.4 Å². The predicted molar refractivity (Wildman–Crippen MR) is 121 cm³/mol. The molecule has 6 nitrogen and oxygen atoms in total. The Labute approximate surface area is 171 Å². The largest absolute Gasteiger partial charge is 0.377 e. The molecule has 2 aromatic carbocycles. The lowest BCUT2D eigenvalue weighted by molar-refractivity contribution is 0.262. The standard InChI is InChI=1S/C23H28N4O2/c1-15(2)13-27-14-20(18-8-6-7-9-19(18)22(27)28)25-23(29)24-17-11-10-16(3)21(12-17)26(4)5/h6-12,14-15H,13H2,1-5H3,(H2,24,25,29). The Kier molecular flexibility index (Phi) is 5.92. The van der Waals surface area contributed by atoms with Crippen molar-refractivity contribution in [2.75, 3.05) is 29.6 Å². The summed E-state index contributed by atoms with van der Waals surface area (Å²) >= 11 is 0. The van der Waals surface area contributed by atoms with Crippen LogP contribution in [-0.2, 0) is 6.54 Å². The summed E-state index contributed by atoms with van der Waals surface area (Å²) in [6.07, 6.45) is 1.73. The van der Waals surface area contributed by atoms with Crippen LogP contribution in [0.4, 0.5) is 21.9 Å². The first-order valence-corrected chi connectivity index (χ1v) is 9.74. The number of nitrogens with one attached hydrogen (secondary N) is 2. The number of carbonyl (C=O) groups is 1. The second-order valence-electron chi connectivity index (χ2n) is 7.91. The zero-order valence-electron chi connectivity index (χ0n) is 17.6. The van der Waals surface area contributed by atoms with Gasteiger partial charge >= 0.3 is 6.03 Å². The van der Waals surface area contributed by atoms with Gasteiger partial charge in [-0.15, -0.1) is 0 Å². The molecule has 0 bridgehead atoms. The molecule has 2 amide bonds. The fraction of sp³-hybridized carbons (Fsp3) is 0.304. The summed E-state index contributed by atoms with van der Waals surface area (Å²) < 4.78 is 1.67. The Morgan fingerprint density at radius 1 is 1.07 bits per heavy atom. The second-order valence-corrected chi connectivity index (χ2v) is 7.91. The van der Waals surface area contributed by atoms with Gasteiger partial charge in [-0.25, -0.2) is 4.79 Å². The number of nitrogens with zero attached hydrogens (tertiary/aromatic N) is 2. The van der Waals surface area contributed by atoms with E-state index >= 15 is 0 Å². The number of aryl methyl sites for hydroxylation is 1. The van der Waals surface area contributed by atoms with Crippen molar-refractivity contribution >= 4 is 33.9 Å². The molecule has 2 N–H and O–H groups in total. The van der Waals surface area contributed by atoms with Crippen LogP contribution in [0.1, 0.15) is 19.4 Å². The van der Waals surface area contributed by atoms with E-state index in [1.54, 1.807) is 16.8 Å². The molecule has 1 heterocycles. The summed E-state index contributed by atoms with van der Waals surface area (Å²) in [7, 11) is 3.94. The quantitative estimate of drug-likeness (QED) is 0.663. The average molecular weight is 393 g/mol. The monoisotopic (exact) mass is 392 g/mol. The van der Waals surface area contributed by atoms with Crippen LogP contribution < -0.4 is 21.1 Å². The van der Waals surface area contributed by atoms with E-state index in [9.17, 15) is 9.59 Å². The third kappa shape index (κ3) is 4.59. The van der Waals surface area contributed by atoms with Gasteiger partial charge in [-0.05, 0) is 36.6 Å². The Morgan fingerprint density at radius 3 is 2.41 bits per heavy atom. The van der Waals surface area contributed by atoms with Crippen LogP contribution in [0.15, 0.2) is 53.5 Å². The highest BCUT2D eigenvalue weighted by molar-refractivity contribution is 6.06. The molecule has 0 fully saturated rings. The summed E-state index contributed by atoms with van der Waals surface area (Å²) in [6.45, 7) is 6.73. The number of carbonyl (C=O) groups excluding carboxylic acids is 1. The molecule has 3 aromatic rings. The molecule has 3 rings (SSSR count). The fourth-order valence-corrected chi connectivity index (χ4v) is 3.43. The molecule has 152 valence electrons. The molecule has 6 heteroatoms. The van der Waals surface area contributed by atoms with Crippen molar-refractivity contribution in [3.05, 3.63) is 64.6 Å². The number of aromatic nitrogens is 1. The van der Waals surface area contributed by atoms with Gasteiger partial charge in [0.15, 0.2) is 0 Å². The van der Waals surface area contributed by atoms with E-state index in [2.05, 4.69) is 24.5 Å². The van der Waals surface area contributed by atoms with E-state index < -0.39 is 0 Å². The zero-order valence-corrected chi connectivity index (χ0v) is 17.6. The van der Waals surface area contributed by atoms with Crippen molar-refractivity contribution in [1.82, 2.24) is 4.57 Å². The van der Waals surface area contributed by atoms with Gasteiger partial charge in [0.05, 0.1) is 5.69 Å². The molecule has 0 aliphatic rings. The van der Waals surface area contributed by atoms with Gasteiger partial charge in [0, 0.05) is 49.0 Å². The van der Waals surface area contributed by atoms with Crippen LogP contribution >= 0.6 is 0 Å². The molecule has 0 aliphatic heterocycles. The van der Waals surface area contributed by atoms with Crippen LogP contribution in [0.5, 0.6) is 0 Å². The zero-order chi connectivity index (χ0) is 21.1. The van der Waals surface area contributed by atoms with Crippen molar-refractivity contribution in [2.24, 2.45) is 5.92 Å². The number of pyridine rings is 1. The lowest BCUT2D eigenvalue weighted by Gasteiger charge is -2.18. The Hall–Kier alpha value is -3.28. The number of amides is 2. The summed E-state index contributed by atoms with van der Waals surface area (Å²) in [5, 5.41) is 7.12. The maximum Gasteiger partial charge on any atom is 0.323 e. The maximum absolute atomic E-state index is 12.8. The fourth-order valence-electron chi connectivity index (χ4n) is 3.43. The number of urea groups is 1. The minimum Gasteiger partial charge on any atom is -0.377 e. The van der Waals surface area contributed by atoms with Crippen LogP contribution in [0.3, 0.4) is 0 Å². The number of rotatable bonds is 5. The summed E-state index contributed by atoms with van der Waals surface area (Å²) in [5.41, 5.74) is 3.44. The first kappa shape index (κ1) is 20.5. The molecule has 0 aliphatic carbocycles. The summed E-state index contributed by atoms with van der Waals surface area (Å²) in [6, 6.07) is 12.8. The van der Waals surface area contributed by atoms with Crippen molar-refractivity contribution < 1.29 is 4.79 Å². The first-order chi connectivity index (χ1) is 13.8. The van der Waals surface area contributed by atoms with E-state index in [1.165, 1.54) is 0 Å². The number of fused-ring (bicyclic) bond motifs is 1. The molecule has 0 atom stereocenters. The van der Waals surface area contributed by atoms with E-state index in [-0.39, 0.29) is 11.6 Å². The summed E-state index contributed by atoms with van der Waals surface area (Å²) in [4.78, 5) is 27.5. The van der Waals surface area contributed by atoms with Gasteiger partial charge in [-0.3, -0.25) is 4.79 Å². The lowest BCUT2D eigenvalue weighted by atomic mass is 10.1. The number of hydrogen-bond donors (Lipinski definition) is 2. The van der Waals surface area contributed by atoms with Crippen LogP contribution in [0.2, 0.25) is 0 Å². The highest BCUT2D eigenvalue weighted by atomic mass is 16.2. The first-order valence-electron chi connectivity index (χ1n) is 9.74. The summed E-state index contributed by atoms with van der Waals surface area (Å²) in [5.74, 6) is 0.313. The normalized spacial score (nSPS) is 11.0. The van der Waals surface area contributed by atoms with Crippen molar-refractivity contribution in [2.45, 2.75) is 27.3 Å². The van der Waals surface area contributed by atoms with E-state index in [0.717, 1.165) is 16.6 Å². The van der Waals surface area contributed by atoms with Gasteiger partial charge in [0.1, 0.15) is 0 Å². The molecule has 0 unspecified atom stereocenters. The van der Waals surface area contributed by atoms with Gasteiger partial charge in [0.25, 0.3) is 5.56 Å². The van der Waals surface area contributed by atoms with E-state index in [1.807, 2.05) is 62.3 Å². The Bertz CT molecular complexity index is 1100. The predicted octanol–water partition coefficient (Wildman–Crippen LogP) is 4.68. The SMILES string of the molecule is Cc1ccc(NC(=O)Nc2cn(CC(C)C)c(=O)c3ccccc23)cc1N(C)C. The van der Waals surface area contributed by atoms with Gasteiger partial charge < -0.3 is 20.1 Å². The van der Waals surface area contributed by atoms with Crippen LogP contribution in [0, 0.1) is 12.8 Å². The second kappa shape index (κ2) is 8.39. The van der Waals surface area contributed by atoms with Crippen molar-refractivity contribution in [3.8, 4) is 0 Å². The molecular formula is C23H28N4O2. The number of benzene rings is 2. The van der Waals surface area contributed by atoms with Gasteiger partial charge in [-0.2, -0.15) is 0 Å². The number of anilines is 3. The van der Waals surface area contributed by atoms with E-state index in [4.69, 9.17) is 0 Å². The third-order valence-corrected chi connectivity index (χ3v) is 4.75. The molecule has 1 aromatic heterocycles. The average Bonchev–Trinajstić information content (AvgIpc) is 2.66. The minimum absolute atomic E-state index is 0.0468. The smallest absolute Gasteiger partial charge is 0.323 e. The Morgan fingerprint density at radius 2 is 1.76 bits per heavy atom. The van der Waals surface area contributed by atoms with Crippen LogP contribution in [0.25, 0.3) is 10.8 Å². The molecular weight excluding hydrogens is 364 g/mol. The highest BCUT2D eigenvalue weighted by Crippen LogP contribution is 2.24. The van der Waals surface area contributed by atoms with Crippen molar-refractivity contribution in [1.29, 1.82) is 0 Å². The van der Waals surface area contributed by atoms with Crippen molar-refractivity contribution in [3.63, 3.8) is 0 Å². The molecule has 0 radical (unpaired) electrons. The van der Waals surface area contributed by atoms with Gasteiger partial charge in [-0.1, -0.05) is 38.1 Å². The third-order valence-electron chi connectivity index (χ3n) is 4.75. The molecule has 0 spiro atoms.